The van der Waals surface area contributed by atoms with Gasteiger partial charge < -0.3 is 14.2 Å². The summed E-state index contributed by atoms with van der Waals surface area (Å²) in [4.78, 5) is 29.8. The van der Waals surface area contributed by atoms with E-state index in [9.17, 15) is 10.1 Å². The summed E-state index contributed by atoms with van der Waals surface area (Å²) in [6.45, 7) is 5.18. The van der Waals surface area contributed by atoms with Crippen molar-refractivity contribution in [1.82, 2.24) is 19.9 Å². The van der Waals surface area contributed by atoms with Gasteiger partial charge in [-0.3, -0.25) is 10.3 Å². The molecule has 0 aliphatic rings. The SMILES string of the molecule is COc1cnc2c(-c3nc4cc(F)c(O[C@@H](C)[C@@H](C)OC(=O)Nc5ccc(C)nc5)cc4s3)cc(C#N)cc2n1. The summed E-state index contributed by atoms with van der Waals surface area (Å²) in [5.41, 5.74) is 3.73. The molecule has 0 aliphatic carbocycles. The Hall–Kier alpha value is -4.89. The zero-order valence-corrected chi connectivity index (χ0v) is 22.7. The van der Waals surface area contributed by atoms with Gasteiger partial charge >= 0.3 is 6.09 Å². The molecule has 40 heavy (non-hydrogen) atoms. The molecular weight excluding hydrogens is 535 g/mol. The third kappa shape index (κ3) is 5.60. The zero-order valence-electron chi connectivity index (χ0n) is 21.9. The number of nitriles is 1. The lowest BCUT2D eigenvalue weighted by molar-refractivity contribution is 0.0402. The molecule has 10 nitrogen and oxygen atoms in total. The van der Waals surface area contributed by atoms with E-state index in [0.717, 1.165) is 5.69 Å². The number of carbonyl (C=O) groups is 1. The van der Waals surface area contributed by atoms with Gasteiger partial charge in [0.05, 0.1) is 58.1 Å². The van der Waals surface area contributed by atoms with Gasteiger partial charge in [0.2, 0.25) is 5.88 Å². The van der Waals surface area contributed by atoms with Gasteiger partial charge in [0, 0.05) is 23.4 Å². The van der Waals surface area contributed by atoms with Crippen LogP contribution in [0, 0.1) is 24.1 Å². The monoisotopic (exact) mass is 558 g/mol. The number of fused-ring (bicyclic) bond motifs is 2. The molecule has 0 fully saturated rings. The summed E-state index contributed by atoms with van der Waals surface area (Å²) < 4.78 is 32.1. The number of halogens is 1. The van der Waals surface area contributed by atoms with Gasteiger partial charge in [0.25, 0.3) is 0 Å². The second-order valence-electron chi connectivity index (χ2n) is 8.93. The van der Waals surface area contributed by atoms with Crippen molar-refractivity contribution in [3.05, 3.63) is 65.9 Å². The molecule has 5 rings (SSSR count). The molecule has 0 saturated carbocycles. The van der Waals surface area contributed by atoms with Crippen molar-refractivity contribution in [3.8, 4) is 28.3 Å². The Labute approximate surface area is 232 Å². The van der Waals surface area contributed by atoms with E-state index < -0.39 is 24.1 Å². The molecule has 0 bridgehead atoms. The minimum atomic E-state index is -0.693. The maximum atomic E-state index is 15.0. The molecule has 0 spiro atoms. The number of benzene rings is 2. The molecule has 202 valence electrons. The number of pyridine rings is 1. The van der Waals surface area contributed by atoms with Crippen LogP contribution in [0.2, 0.25) is 0 Å². The van der Waals surface area contributed by atoms with Crippen molar-refractivity contribution in [3.63, 3.8) is 0 Å². The number of rotatable bonds is 7. The first-order valence-corrected chi connectivity index (χ1v) is 13.0. The topological polar surface area (TPSA) is 132 Å². The number of aryl methyl sites for hydroxylation is 1. The maximum absolute atomic E-state index is 15.0. The van der Waals surface area contributed by atoms with Crippen LogP contribution in [0.15, 0.2) is 48.8 Å². The fourth-order valence-electron chi connectivity index (χ4n) is 3.82. The zero-order chi connectivity index (χ0) is 28.4. The second kappa shape index (κ2) is 11.1. The molecule has 2 aromatic carbocycles. The lowest BCUT2D eigenvalue weighted by atomic mass is 10.1. The quantitative estimate of drug-likeness (QED) is 0.254. The van der Waals surface area contributed by atoms with Gasteiger partial charge in [0.1, 0.15) is 17.2 Å². The molecule has 2 atom stereocenters. The smallest absolute Gasteiger partial charge is 0.412 e. The Morgan fingerprint density at radius 3 is 2.62 bits per heavy atom. The number of anilines is 1. The van der Waals surface area contributed by atoms with E-state index in [1.807, 2.05) is 6.92 Å². The summed E-state index contributed by atoms with van der Waals surface area (Å²) in [6.07, 6.45) is 0.977. The van der Waals surface area contributed by atoms with Crippen LogP contribution < -0.4 is 14.8 Å². The molecule has 0 unspecified atom stereocenters. The highest BCUT2D eigenvalue weighted by Gasteiger charge is 2.22. The summed E-state index contributed by atoms with van der Waals surface area (Å²) in [5, 5.41) is 12.7. The fourth-order valence-corrected chi connectivity index (χ4v) is 4.81. The number of methoxy groups -OCH3 is 1. The van der Waals surface area contributed by atoms with Crippen molar-refractivity contribution in [1.29, 1.82) is 5.26 Å². The van der Waals surface area contributed by atoms with Crippen LogP contribution >= 0.6 is 11.3 Å². The summed E-state index contributed by atoms with van der Waals surface area (Å²) in [7, 11) is 1.48. The largest absolute Gasteiger partial charge is 0.484 e. The summed E-state index contributed by atoms with van der Waals surface area (Å²) >= 11 is 1.30. The summed E-state index contributed by atoms with van der Waals surface area (Å²) in [6, 6.07) is 11.7. The number of carbonyl (C=O) groups excluding carboxylic acids is 1. The second-order valence-corrected chi connectivity index (χ2v) is 9.96. The number of nitrogens with zero attached hydrogens (tertiary/aromatic N) is 5. The van der Waals surface area contributed by atoms with E-state index >= 15 is 4.39 Å². The Bertz CT molecular complexity index is 1770. The third-order valence-electron chi connectivity index (χ3n) is 6.06. The molecular formula is C28H23FN6O4S. The molecule has 1 N–H and O–H groups in total. The molecule has 0 saturated heterocycles. The molecule has 12 heteroatoms. The molecule has 3 aromatic heterocycles. The first-order chi connectivity index (χ1) is 19.2. The number of hydrogen-bond acceptors (Lipinski definition) is 10. The van der Waals surface area contributed by atoms with Crippen LogP contribution in [0.3, 0.4) is 0 Å². The normalized spacial score (nSPS) is 12.5. The standard InChI is InChI=1S/C28H23FN6O4S/c1-14-5-6-18(12-31-14)33-28(36)39-16(3)15(2)38-23-10-24-21(9-20(23)29)35-27(40-24)19-7-17(11-30)8-22-26(19)32-13-25(34-22)37-4/h5-10,12-13,15-16H,1-4H3,(H,33,36)/t15-,16+/m0/s1. The number of hydrogen-bond donors (Lipinski definition) is 1. The van der Waals surface area contributed by atoms with E-state index in [1.54, 1.807) is 44.2 Å². The predicted octanol–water partition coefficient (Wildman–Crippen LogP) is 6.03. The Morgan fingerprint density at radius 2 is 1.90 bits per heavy atom. The molecule has 0 radical (unpaired) electrons. The van der Waals surface area contributed by atoms with E-state index in [1.165, 1.54) is 36.9 Å². The minimum Gasteiger partial charge on any atom is -0.484 e. The van der Waals surface area contributed by atoms with Crippen LogP contribution in [-0.4, -0.2) is 45.3 Å². The number of nitrogens with one attached hydrogen (secondary N) is 1. The van der Waals surface area contributed by atoms with E-state index in [-0.39, 0.29) is 5.75 Å². The summed E-state index contributed by atoms with van der Waals surface area (Å²) in [5.74, 6) is -0.300. The van der Waals surface area contributed by atoms with Crippen LogP contribution in [0.4, 0.5) is 14.9 Å². The average molecular weight is 559 g/mol. The van der Waals surface area contributed by atoms with Crippen LogP contribution in [0.25, 0.3) is 31.8 Å². The van der Waals surface area contributed by atoms with Crippen molar-refractivity contribution < 1.29 is 23.4 Å². The van der Waals surface area contributed by atoms with Crippen molar-refractivity contribution in [2.24, 2.45) is 0 Å². The van der Waals surface area contributed by atoms with Gasteiger partial charge in [-0.15, -0.1) is 11.3 Å². The van der Waals surface area contributed by atoms with Crippen LogP contribution in [-0.2, 0) is 4.74 Å². The van der Waals surface area contributed by atoms with E-state index in [4.69, 9.17) is 14.2 Å². The number of aromatic nitrogens is 4. The van der Waals surface area contributed by atoms with Gasteiger partial charge in [-0.2, -0.15) is 5.26 Å². The lowest BCUT2D eigenvalue weighted by Gasteiger charge is -2.22. The first kappa shape index (κ1) is 26.7. The van der Waals surface area contributed by atoms with E-state index in [2.05, 4.69) is 31.3 Å². The Kier molecular flexibility index (Phi) is 7.39. The predicted molar refractivity (Wildman–Crippen MR) is 148 cm³/mol. The highest BCUT2D eigenvalue weighted by atomic mass is 32.1. The number of ether oxygens (including phenoxy) is 3. The molecule has 3 heterocycles. The van der Waals surface area contributed by atoms with Crippen LogP contribution in [0.1, 0.15) is 25.1 Å². The van der Waals surface area contributed by atoms with Crippen LogP contribution in [0.5, 0.6) is 11.6 Å². The molecule has 1 amide bonds. The van der Waals surface area contributed by atoms with Gasteiger partial charge in [-0.25, -0.2) is 24.1 Å². The third-order valence-corrected chi connectivity index (χ3v) is 7.11. The average Bonchev–Trinajstić information content (AvgIpc) is 3.35. The van der Waals surface area contributed by atoms with Crippen molar-refractivity contribution in [2.45, 2.75) is 33.0 Å². The molecule has 0 aliphatic heterocycles. The highest BCUT2D eigenvalue weighted by Crippen LogP contribution is 2.37. The van der Waals surface area contributed by atoms with Crippen molar-refractivity contribution in [2.75, 3.05) is 12.4 Å². The van der Waals surface area contributed by atoms with Crippen molar-refractivity contribution >= 4 is 44.4 Å². The number of thiazole rings is 1. The Morgan fingerprint density at radius 1 is 1.07 bits per heavy atom. The lowest BCUT2D eigenvalue weighted by Crippen LogP contribution is -2.32. The van der Waals surface area contributed by atoms with Gasteiger partial charge in [-0.1, -0.05) is 0 Å². The Balaban J connectivity index is 1.36. The highest BCUT2D eigenvalue weighted by molar-refractivity contribution is 7.21. The minimum absolute atomic E-state index is 0.00560. The maximum Gasteiger partial charge on any atom is 0.412 e. The van der Waals surface area contributed by atoms with Gasteiger partial charge in [0.15, 0.2) is 11.6 Å². The first-order valence-electron chi connectivity index (χ1n) is 12.2. The fraction of sp³-hybridized carbons (Fsp3) is 0.214. The van der Waals surface area contributed by atoms with Gasteiger partial charge in [-0.05, 0) is 45.0 Å². The van der Waals surface area contributed by atoms with E-state index in [0.29, 0.717) is 49.0 Å². The molecule has 5 aromatic rings. The number of amides is 1.